The molecule has 0 saturated carbocycles. The highest BCUT2D eigenvalue weighted by Gasteiger charge is 2.29. The van der Waals surface area contributed by atoms with Crippen LogP contribution < -0.4 is 0 Å². The van der Waals surface area contributed by atoms with E-state index in [1.807, 2.05) is 17.5 Å². The number of amides is 1. The van der Waals surface area contributed by atoms with Gasteiger partial charge in [-0.05, 0) is 30.7 Å². The van der Waals surface area contributed by atoms with Crippen LogP contribution in [-0.4, -0.2) is 44.6 Å². The highest BCUT2D eigenvalue weighted by atomic mass is 32.1. The van der Waals surface area contributed by atoms with Crippen molar-refractivity contribution < 1.29 is 19.2 Å². The first-order chi connectivity index (χ1) is 11.6. The molecule has 3 heterocycles. The first-order valence-electron chi connectivity index (χ1n) is 8.01. The Hall–Kier alpha value is -2.22. The van der Waals surface area contributed by atoms with Crippen molar-refractivity contribution in [3.63, 3.8) is 0 Å². The van der Waals surface area contributed by atoms with E-state index in [1.54, 1.807) is 16.2 Å². The Morgan fingerprint density at radius 1 is 1.46 bits per heavy atom. The number of nitrogens with zero attached hydrogens (tertiary/aromatic N) is 3. The van der Waals surface area contributed by atoms with Gasteiger partial charge in [-0.25, -0.2) is 0 Å². The van der Waals surface area contributed by atoms with E-state index in [0.717, 1.165) is 17.7 Å². The van der Waals surface area contributed by atoms with Gasteiger partial charge in [0.25, 0.3) is 0 Å². The zero-order valence-electron chi connectivity index (χ0n) is 13.2. The predicted molar refractivity (Wildman–Crippen MR) is 87.5 cm³/mol. The van der Waals surface area contributed by atoms with E-state index in [1.165, 1.54) is 0 Å². The van der Waals surface area contributed by atoms with E-state index >= 15 is 0 Å². The Kier molecular flexibility index (Phi) is 5.24. The standard InChI is InChI=1S/C16H19N3O4S/c20-14(19-8-2-4-11(19)10-15(21)22)7-1-6-13-17-16(18-23-13)12-5-3-9-24-12/h3,5,9,11H,1-2,4,6-8,10H2,(H,21,22). The number of carbonyl (C=O) groups is 2. The van der Waals surface area contributed by atoms with Gasteiger partial charge in [-0.15, -0.1) is 11.3 Å². The predicted octanol–water partition coefficient (Wildman–Crippen LogP) is 2.59. The summed E-state index contributed by atoms with van der Waals surface area (Å²) in [6.45, 7) is 0.653. The van der Waals surface area contributed by atoms with Crippen LogP contribution in [0.5, 0.6) is 0 Å². The number of rotatable bonds is 7. The maximum Gasteiger partial charge on any atom is 0.305 e. The molecule has 1 aliphatic rings. The van der Waals surface area contributed by atoms with Crippen LogP contribution in [-0.2, 0) is 16.0 Å². The first-order valence-corrected chi connectivity index (χ1v) is 8.89. The number of likely N-dealkylation sites (tertiary alicyclic amines) is 1. The van der Waals surface area contributed by atoms with Crippen molar-refractivity contribution in [1.82, 2.24) is 15.0 Å². The second-order valence-corrected chi connectivity index (χ2v) is 6.77. The van der Waals surface area contributed by atoms with Gasteiger partial charge in [0.15, 0.2) is 0 Å². The van der Waals surface area contributed by atoms with Crippen LogP contribution in [0.1, 0.15) is 38.0 Å². The van der Waals surface area contributed by atoms with Gasteiger partial charge in [0.2, 0.25) is 17.6 Å². The second kappa shape index (κ2) is 7.57. The number of carboxylic acids is 1. The van der Waals surface area contributed by atoms with Crippen molar-refractivity contribution in [2.24, 2.45) is 0 Å². The van der Waals surface area contributed by atoms with Crippen LogP contribution in [0.15, 0.2) is 22.0 Å². The molecular weight excluding hydrogens is 330 g/mol. The summed E-state index contributed by atoms with van der Waals surface area (Å²) in [6, 6.07) is 3.70. The highest BCUT2D eigenvalue weighted by molar-refractivity contribution is 7.13. The zero-order chi connectivity index (χ0) is 16.9. The molecule has 1 fully saturated rings. The quantitative estimate of drug-likeness (QED) is 0.825. The Morgan fingerprint density at radius 3 is 3.08 bits per heavy atom. The molecule has 0 aromatic carbocycles. The van der Waals surface area contributed by atoms with Crippen LogP contribution in [0, 0.1) is 0 Å². The van der Waals surface area contributed by atoms with E-state index in [4.69, 9.17) is 9.63 Å². The second-order valence-electron chi connectivity index (χ2n) is 5.82. The third kappa shape index (κ3) is 4.00. The average Bonchev–Trinajstić information content (AvgIpc) is 3.27. The maximum absolute atomic E-state index is 12.3. The number of aryl methyl sites for hydroxylation is 1. The zero-order valence-corrected chi connectivity index (χ0v) is 14.0. The average molecular weight is 349 g/mol. The molecule has 3 rings (SSSR count). The Bertz CT molecular complexity index is 698. The smallest absolute Gasteiger partial charge is 0.305 e. The number of aliphatic carboxylic acids is 1. The molecule has 0 aliphatic carbocycles. The van der Waals surface area contributed by atoms with Gasteiger partial charge in [0.05, 0.1) is 11.3 Å². The normalized spacial score (nSPS) is 17.3. The number of aromatic nitrogens is 2. The Morgan fingerprint density at radius 2 is 2.33 bits per heavy atom. The van der Waals surface area contributed by atoms with Crippen molar-refractivity contribution in [2.45, 2.75) is 44.6 Å². The molecule has 8 heteroatoms. The van der Waals surface area contributed by atoms with E-state index in [9.17, 15) is 9.59 Å². The van der Waals surface area contributed by atoms with Crippen LogP contribution in [0.4, 0.5) is 0 Å². The summed E-state index contributed by atoms with van der Waals surface area (Å²) in [7, 11) is 0. The molecule has 0 radical (unpaired) electrons. The Labute approximate surface area is 143 Å². The maximum atomic E-state index is 12.3. The lowest BCUT2D eigenvalue weighted by atomic mass is 10.1. The van der Waals surface area contributed by atoms with Gasteiger partial charge >= 0.3 is 5.97 Å². The first kappa shape index (κ1) is 16.6. The highest BCUT2D eigenvalue weighted by Crippen LogP contribution is 2.23. The molecular formula is C16H19N3O4S. The van der Waals surface area contributed by atoms with Crippen molar-refractivity contribution in [3.8, 4) is 10.7 Å². The topological polar surface area (TPSA) is 96.5 Å². The van der Waals surface area contributed by atoms with Gasteiger partial charge in [0, 0.05) is 25.4 Å². The van der Waals surface area contributed by atoms with Gasteiger partial charge < -0.3 is 14.5 Å². The van der Waals surface area contributed by atoms with Crippen molar-refractivity contribution in [1.29, 1.82) is 0 Å². The molecule has 24 heavy (non-hydrogen) atoms. The van der Waals surface area contributed by atoms with Crippen molar-refractivity contribution in [3.05, 3.63) is 23.4 Å². The number of thiophene rings is 1. The fraction of sp³-hybridized carbons (Fsp3) is 0.500. The number of carboxylic acid groups (broad SMARTS) is 1. The minimum atomic E-state index is -0.855. The van der Waals surface area contributed by atoms with Crippen molar-refractivity contribution in [2.75, 3.05) is 6.54 Å². The van der Waals surface area contributed by atoms with Crippen LogP contribution >= 0.6 is 11.3 Å². The fourth-order valence-electron chi connectivity index (χ4n) is 2.97. The Balaban J connectivity index is 1.47. The molecule has 0 bridgehead atoms. The molecule has 1 unspecified atom stereocenters. The summed E-state index contributed by atoms with van der Waals surface area (Å²) in [5.74, 6) is 0.255. The lowest BCUT2D eigenvalue weighted by Gasteiger charge is -2.23. The summed E-state index contributed by atoms with van der Waals surface area (Å²) in [6.07, 6.45) is 3.19. The molecule has 128 valence electrons. The molecule has 1 aliphatic heterocycles. The summed E-state index contributed by atoms with van der Waals surface area (Å²) in [4.78, 5) is 30.1. The fourth-order valence-corrected chi connectivity index (χ4v) is 3.62. The monoisotopic (exact) mass is 349 g/mol. The van der Waals surface area contributed by atoms with E-state index in [0.29, 0.717) is 37.5 Å². The van der Waals surface area contributed by atoms with Crippen LogP contribution in [0.3, 0.4) is 0 Å². The lowest BCUT2D eigenvalue weighted by molar-refractivity contribution is -0.139. The molecule has 7 nitrogen and oxygen atoms in total. The van der Waals surface area contributed by atoms with Crippen LogP contribution in [0.25, 0.3) is 10.7 Å². The van der Waals surface area contributed by atoms with E-state index in [-0.39, 0.29) is 18.4 Å². The van der Waals surface area contributed by atoms with Gasteiger partial charge in [-0.1, -0.05) is 11.2 Å². The third-order valence-corrected chi connectivity index (χ3v) is 4.96. The molecule has 1 atom stereocenters. The van der Waals surface area contributed by atoms with Crippen molar-refractivity contribution >= 4 is 23.2 Å². The molecule has 2 aromatic rings. The van der Waals surface area contributed by atoms with E-state index in [2.05, 4.69) is 10.1 Å². The number of carbonyl (C=O) groups excluding carboxylic acids is 1. The summed E-state index contributed by atoms with van der Waals surface area (Å²) >= 11 is 1.55. The molecule has 1 saturated heterocycles. The summed E-state index contributed by atoms with van der Waals surface area (Å²) in [5, 5.41) is 14.8. The van der Waals surface area contributed by atoms with Gasteiger partial charge in [-0.2, -0.15) is 4.98 Å². The number of hydrogen-bond donors (Lipinski definition) is 1. The minimum Gasteiger partial charge on any atom is -0.481 e. The van der Waals surface area contributed by atoms with E-state index < -0.39 is 5.97 Å². The molecule has 2 aromatic heterocycles. The summed E-state index contributed by atoms with van der Waals surface area (Å²) in [5.41, 5.74) is 0. The largest absolute Gasteiger partial charge is 0.481 e. The number of hydrogen-bond acceptors (Lipinski definition) is 6. The molecule has 1 amide bonds. The molecule has 1 N–H and O–H groups in total. The third-order valence-electron chi connectivity index (χ3n) is 4.10. The van der Waals surface area contributed by atoms with Crippen LogP contribution in [0.2, 0.25) is 0 Å². The SMILES string of the molecule is O=C(O)CC1CCCN1C(=O)CCCc1nc(-c2cccs2)no1. The minimum absolute atomic E-state index is 0.0109. The summed E-state index contributed by atoms with van der Waals surface area (Å²) < 4.78 is 5.21. The van der Waals surface area contributed by atoms with Gasteiger partial charge in [-0.3, -0.25) is 9.59 Å². The van der Waals surface area contributed by atoms with Gasteiger partial charge in [0.1, 0.15) is 0 Å². The molecule has 0 spiro atoms. The lowest BCUT2D eigenvalue weighted by Crippen LogP contribution is -2.36.